The largest absolute Gasteiger partial charge is 0.462 e. The van der Waals surface area contributed by atoms with E-state index in [1.165, 1.54) is 69.9 Å². The molecule has 29 heavy (non-hydrogen) atoms. The summed E-state index contributed by atoms with van der Waals surface area (Å²) in [5.74, 6) is -0.187. The molecule has 2 aliphatic carbocycles. The highest BCUT2D eigenvalue weighted by Crippen LogP contribution is 2.25. The van der Waals surface area contributed by atoms with E-state index >= 15 is 0 Å². The van der Waals surface area contributed by atoms with Gasteiger partial charge in [0.1, 0.15) is 0 Å². The summed E-state index contributed by atoms with van der Waals surface area (Å²) in [5, 5.41) is 7.52. The molecular weight excluding hydrogens is 386 g/mol. The Morgan fingerprint density at radius 1 is 0.966 bits per heavy atom. The van der Waals surface area contributed by atoms with Gasteiger partial charge in [0.15, 0.2) is 0 Å². The minimum Gasteiger partial charge on any atom is -0.462 e. The summed E-state index contributed by atoms with van der Waals surface area (Å²) >= 11 is 0. The van der Waals surface area contributed by atoms with Crippen LogP contribution in [-0.2, 0) is 18.0 Å². The van der Waals surface area contributed by atoms with Crippen molar-refractivity contribution < 1.29 is 9.53 Å². The Labute approximate surface area is 182 Å². The molecule has 0 unspecified atom stereocenters. The van der Waals surface area contributed by atoms with Gasteiger partial charge in [-0.2, -0.15) is 0 Å². The van der Waals surface area contributed by atoms with Crippen LogP contribution in [0.5, 0.6) is 0 Å². The molecule has 3 rings (SSSR count). The Balaban J connectivity index is 0.00000300. The van der Waals surface area contributed by atoms with E-state index in [4.69, 9.17) is 4.74 Å². The van der Waals surface area contributed by atoms with Crippen molar-refractivity contribution in [2.75, 3.05) is 6.61 Å². The Hall–Kier alpha value is -1.04. The molecular formula is C23H40ClN3O2. The second-order valence-corrected chi connectivity index (χ2v) is 8.59. The van der Waals surface area contributed by atoms with Gasteiger partial charge in [-0.3, -0.25) is 5.32 Å². The van der Waals surface area contributed by atoms with Gasteiger partial charge in [-0.25, -0.2) is 4.79 Å². The van der Waals surface area contributed by atoms with E-state index in [9.17, 15) is 4.79 Å². The number of hydrogen-bond donors (Lipinski definition) is 2. The molecule has 0 amide bonds. The first-order valence-corrected chi connectivity index (χ1v) is 11.4. The lowest BCUT2D eigenvalue weighted by Gasteiger charge is -2.26. The van der Waals surface area contributed by atoms with E-state index in [0.29, 0.717) is 18.7 Å². The van der Waals surface area contributed by atoms with Crippen LogP contribution in [0.2, 0.25) is 0 Å². The second-order valence-electron chi connectivity index (χ2n) is 8.59. The molecule has 1 aromatic heterocycles. The van der Waals surface area contributed by atoms with E-state index in [0.717, 1.165) is 30.0 Å². The monoisotopic (exact) mass is 425 g/mol. The summed E-state index contributed by atoms with van der Waals surface area (Å²) in [4.78, 5) is 12.6. The minimum absolute atomic E-state index is 0. The summed E-state index contributed by atoms with van der Waals surface area (Å²) in [5.41, 5.74) is 4.09. The number of halogens is 1. The second kappa shape index (κ2) is 12.0. The first-order chi connectivity index (χ1) is 13.6. The minimum atomic E-state index is -0.187. The molecule has 6 heteroatoms. The van der Waals surface area contributed by atoms with Crippen molar-refractivity contribution in [1.82, 2.24) is 15.2 Å². The zero-order chi connectivity index (χ0) is 19.9. The van der Waals surface area contributed by atoms with Crippen molar-refractivity contribution in [2.24, 2.45) is 0 Å². The summed E-state index contributed by atoms with van der Waals surface area (Å²) in [6.07, 6.45) is 13.1. The molecule has 0 saturated heterocycles. The smallest absolute Gasteiger partial charge is 0.340 e. The van der Waals surface area contributed by atoms with Gasteiger partial charge in [0.05, 0.1) is 18.8 Å². The lowest BCUT2D eigenvalue weighted by Crippen LogP contribution is -2.35. The van der Waals surface area contributed by atoms with Crippen molar-refractivity contribution >= 4 is 18.4 Å². The maximum Gasteiger partial charge on any atom is 0.340 e. The van der Waals surface area contributed by atoms with Crippen molar-refractivity contribution in [3.8, 4) is 0 Å². The third kappa shape index (κ3) is 6.22. The van der Waals surface area contributed by atoms with E-state index in [1.54, 1.807) is 0 Å². The van der Waals surface area contributed by atoms with Crippen LogP contribution in [0, 0.1) is 13.8 Å². The zero-order valence-corrected chi connectivity index (χ0v) is 19.3. The van der Waals surface area contributed by atoms with Crippen LogP contribution in [0.1, 0.15) is 98.4 Å². The fourth-order valence-electron chi connectivity index (χ4n) is 4.98. The number of carbonyl (C=O) groups is 1. The highest BCUT2D eigenvalue weighted by Gasteiger charge is 2.24. The third-order valence-corrected chi connectivity index (χ3v) is 6.69. The number of rotatable bonds is 8. The third-order valence-electron chi connectivity index (χ3n) is 6.69. The first-order valence-electron chi connectivity index (χ1n) is 11.4. The Morgan fingerprint density at radius 3 is 2.07 bits per heavy atom. The summed E-state index contributed by atoms with van der Waals surface area (Å²) < 4.78 is 7.67. The van der Waals surface area contributed by atoms with Crippen LogP contribution in [0.15, 0.2) is 0 Å². The lowest BCUT2D eigenvalue weighted by molar-refractivity contribution is 0.0524. The van der Waals surface area contributed by atoms with Crippen molar-refractivity contribution in [3.63, 3.8) is 0 Å². The molecule has 2 aliphatic rings. The summed E-state index contributed by atoms with van der Waals surface area (Å²) in [6, 6.07) is 1.20. The van der Waals surface area contributed by atoms with Crippen molar-refractivity contribution in [3.05, 3.63) is 22.5 Å². The molecule has 166 valence electrons. The van der Waals surface area contributed by atoms with Crippen LogP contribution in [0.25, 0.3) is 0 Å². The number of hydrogen-bond acceptors (Lipinski definition) is 4. The van der Waals surface area contributed by atoms with Crippen LogP contribution in [-0.4, -0.2) is 29.2 Å². The maximum atomic E-state index is 12.6. The van der Waals surface area contributed by atoms with Crippen LogP contribution < -0.4 is 10.6 Å². The number of ether oxygens (including phenoxy) is 1. The Bertz CT molecular complexity index is 602. The molecule has 0 aliphatic heterocycles. The van der Waals surface area contributed by atoms with Crippen LogP contribution in [0.3, 0.4) is 0 Å². The SMILES string of the molecule is CCOC(=O)c1c(C)c(CNC2CCCCC2)n(CNC2CCCCC2)c1C.Cl. The van der Waals surface area contributed by atoms with E-state index in [2.05, 4.69) is 29.0 Å². The maximum absolute atomic E-state index is 12.6. The highest BCUT2D eigenvalue weighted by molar-refractivity contribution is 5.93. The zero-order valence-electron chi connectivity index (χ0n) is 18.5. The van der Waals surface area contributed by atoms with E-state index in [1.807, 2.05) is 6.92 Å². The van der Waals surface area contributed by atoms with E-state index in [-0.39, 0.29) is 18.4 Å². The Kier molecular flexibility index (Phi) is 10.0. The number of esters is 1. The van der Waals surface area contributed by atoms with Gasteiger partial charge < -0.3 is 14.6 Å². The summed E-state index contributed by atoms with van der Waals surface area (Å²) in [6.45, 7) is 8.02. The molecule has 5 nitrogen and oxygen atoms in total. The fourth-order valence-corrected chi connectivity index (χ4v) is 4.98. The summed E-state index contributed by atoms with van der Waals surface area (Å²) in [7, 11) is 0. The Morgan fingerprint density at radius 2 is 1.52 bits per heavy atom. The van der Waals surface area contributed by atoms with Crippen molar-refractivity contribution in [1.29, 1.82) is 0 Å². The molecule has 2 fully saturated rings. The predicted octanol–water partition coefficient (Wildman–Crippen LogP) is 5.01. The van der Waals surface area contributed by atoms with Crippen molar-refractivity contribution in [2.45, 2.75) is 110 Å². The molecule has 2 saturated carbocycles. The van der Waals surface area contributed by atoms with Gasteiger partial charge in [-0.15, -0.1) is 12.4 Å². The molecule has 0 radical (unpaired) electrons. The fraction of sp³-hybridized carbons (Fsp3) is 0.783. The molecule has 1 heterocycles. The quantitative estimate of drug-likeness (QED) is 0.575. The van der Waals surface area contributed by atoms with Gasteiger partial charge in [-0.05, 0) is 52.0 Å². The van der Waals surface area contributed by atoms with Crippen LogP contribution in [0.4, 0.5) is 0 Å². The van der Waals surface area contributed by atoms with Gasteiger partial charge in [0, 0.05) is 30.0 Å². The molecule has 1 aromatic rings. The average Bonchev–Trinajstić information content (AvgIpc) is 2.95. The number of carbonyl (C=O) groups excluding carboxylic acids is 1. The number of aromatic nitrogens is 1. The van der Waals surface area contributed by atoms with Crippen LogP contribution >= 0.6 is 12.4 Å². The topological polar surface area (TPSA) is 55.3 Å². The molecule has 0 bridgehead atoms. The molecule has 0 aromatic carbocycles. The highest BCUT2D eigenvalue weighted by atomic mass is 35.5. The first kappa shape index (κ1) is 24.2. The predicted molar refractivity (Wildman–Crippen MR) is 121 cm³/mol. The lowest BCUT2D eigenvalue weighted by atomic mass is 9.95. The number of nitrogens with zero attached hydrogens (tertiary/aromatic N) is 1. The van der Waals surface area contributed by atoms with Gasteiger partial charge in [-0.1, -0.05) is 38.5 Å². The standard InChI is InChI=1S/C23H39N3O2.ClH/c1-4-28-23(27)22-17(2)21(15-24-19-11-7-5-8-12-19)26(18(22)3)16-25-20-13-9-6-10-14-20;/h19-20,24-25H,4-16H2,1-3H3;1H. The van der Waals surface area contributed by atoms with Gasteiger partial charge in [0.2, 0.25) is 0 Å². The van der Waals surface area contributed by atoms with Gasteiger partial charge >= 0.3 is 5.97 Å². The van der Waals surface area contributed by atoms with Gasteiger partial charge in [0.25, 0.3) is 0 Å². The molecule has 0 spiro atoms. The van der Waals surface area contributed by atoms with E-state index < -0.39 is 0 Å². The normalized spacial score (nSPS) is 18.4. The molecule has 0 atom stereocenters. The average molecular weight is 426 g/mol. The molecule has 2 N–H and O–H groups in total. The number of nitrogens with one attached hydrogen (secondary N) is 2.